The van der Waals surface area contributed by atoms with Crippen LogP contribution in [0.5, 0.6) is 0 Å². The van der Waals surface area contributed by atoms with Crippen molar-refractivity contribution < 1.29 is 0 Å². The van der Waals surface area contributed by atoms with Gasteiger partial charge in [0.2, 0.25) is 0 Å². The lowest BCUT2D eigenvalue weighted by molar-refractivity contribution is 0.0868. The molecular formula is C12H27N3. The summed E-state index contributed by atoms with van der Waals surface area (Å²) in [7, 11) is 4.34. The Balaban J connectivity index is 2.46. The number of rotatable bonds is 4. The zero-order chi connectivity index (χ0) is 11.5. The van der Waals surface area contributed by atoms with E-state index in [1.54, 1.807) is 0 Å². The summed E-state index contributed by atoms with van der Waals surface area (Å²) in [6, 6.07) is 0.618. The summed E-state index contributed by atoms with van der Waals surface area (Å²) in [5.41, 5.74) is 0.362. The van der Waals surface area contributed by atoms with E-state index in [-0.39, 0.29) is 0 Å². The molecule has 15 heavy (non-hydrogen) atoms. The molecule has 1 aliphatic rings. The fourth-order valence-electron chi connectivity index (χ4n) is 2.28. The molecule has 1 N–H and O–H groups in total. The van der Waals surface area contributed by atoms with Crippen LogP contribution in [0.25, 0.3) is 0 Å². The van der Waals surface area contributed by atoms with Crippen LogP contribution in [-0.4, -0.2) is 62.7 Å². The van der Waals surface area contributed by atoms with Crippen molar-refractivity contribution in [1.82, 2.24) is 15.1 Å². The third-order valence-corrected chi connectivity index (χ3v) is 3.75. The van der Waals surface area contributed by atoms with Gasteiger partial charge in [0.15, 0.2) is 0 Å². The molecule has 0 radical (unpaired) electrons. The zero-order valence-corrected chi connectivity index (χ0v) is 11.0. The first kappa shape index (κ1) is 12.9. The second-order valence-corrected chi connectivity index (χ2v) is 5.65. The van der Waals surface area contributed by atoms with E-state index in [0.717, 1.165) is 13.1 Å². The highest BCUT2D eigenvalue weighted by molar-refractivity contribution is 4.85. The van der Waals surface area contributed by atoms with Crippen LogP contribution in [0.4, 0.5) is 0 Å². The molecule has 0 aromatic rings. The Hall–Kier alpha value is -0.120. The summed E-state index contributed by atoms with van der Waals surface area (Å²) < 4.78 is 0. The molecule has 1 fully saturated rings. The van der Waals surface area contributed by atoms with Gasteiger partial charge in [-0.05, 0) is 26.4 Å². The van der Waals surface area contributed by atoms with E-state index in [9.17, 15) is 0 Å². The maximum atomic E-state index is 3.40. The van der Waals surface area contributed by atoms with Crippen molar-refractivity contribution in [3.05, 3.63) is 0 Å². The highest BCUT2D eigenvalue weighted by Gasteiger charge is 2.29. The molecule has 1 aliphatic heterocycles. The fraction of sp³-hybridized carbons (Fsp3) is 1.00. The molecule has 1 heterocycles. The summed E-state index contributed by atoms with van der Waals surface area (Å²) in [6.45, 7) is 13.0. The van der Waals surface area contributed by atoms with Crippen LogP contribution in [0.1, 0.15) is 20.8 Å². The van der Waals surface area contributed by atoms with E-state index in [1.165, 1.54) is 19.6 Å². The second kappa shape index (κ2) is 5.28. The summed E-state index contributed by atoms with van der Waals surface area (Å²) in [6.07, 6.45) is 0. The highest BCUT2D eigenvalue weighted by atomic mass is 15.2. The van der Waals surface area contributed by atoms with Crippen LogP contribution in [-0.2, 0) is 0 Å². The fourth-order valence-corrected chi connectivity index (χ4v) is 2.28. The number of hydrogen-bond donors (Lipinski definition) is 1. The van der Waals surface area contributed by atoms with Gasteiger partial charge in [-0.1, -0.05) is 13.8 Å². The highest BCUT2D eigenvalue weighted by Crippen LogP contribution is 2.25. The van der Waals surface area contributed by atoms with E-state index < -0.39 is 0 Å². The van der Waals surface area contributed by atoms with E-state index >= 15 is 0 Å². The van der Waals surface area contributed by atoms with Gasteiger partial charge in [-0.25, -0.2) is 0 Å². The molecule has 1 rings (SSSR count). The molecular weight excluding hydrogens is 186 g/mol. The largest absolute Gasteiger partial charge is 0.314 e. The quantitative estimate of drug-likeness (QED) is 0.747. The summed E-state index contributed by atoms with van der Waals surface area (Å²) >= 11 is 0. The van der Waals surface area contributed by atoms with E-state index in [2.05, 4.69) is 50.0 Å². The third-order valence-electron chi connectivity index (χ3n) is 3.75. The predicted octanol–water partition coefficient (Wildman–Crippen LogP) is 0.868. The Morgan fingerprint density at radius 3 is 2.27 bits per heavy atom. The number of nitrogens with one attached hydrogen (secondary N) is 1. The van der Waals surface area contributed by atoms with Gasteiger partial charge in [0.25, 0.3) is 0 Å². The first-order chi connectivity index (χ1) is 6.93. The minimum atomic E-state index is 0.362. The molecule has 0 aromatic heterocycles. The zero-order valence-electron chi connectivity index (χ0n) is 11.0. The molecule has 3 heteroatoms. The molecule has 0 saturated carbocycles. The molecule has 0 amide bonds. The van der Waals surface area contributed by atoms with Crippen molar-refractivity contribution in [2.75, 3.05) is 46.8 Å². The second-order valence-electron chi connectivity index (χ2n) is 5.65. The van der Waals surface area contributed by atoms with Crippen molar-refractivity contribution in [2.45, 2.75) is 26.8 Å². The maximum absolute atomic E-state index is 3.40. The van der Waals surface area contributed by atoms with Crippen LogP contribution in [0.15, 0.2) is 0 Å². The molecule has 0 bridgehead atoms. The van der Waals surface area contributed by atoms with Crippen LogP contribution in [0.2, 0.25) is 0 Å². The monoisotopic (exact) mass is 213 g/mol. The minimum absolute atomic E-state index is 0.362. The maximum Gasteiger partial charge on any atom is 0.0124 e. The number of hydrogen-bond acceptors (Lipinski definition) is 3. The van der Waals surface area contributed by atoms with Crippen LogP contribution >= 0.6 is 0 Å². The topological polar surface area (TPSA) is 18.5 Å². The normalized spacial score (nSPS) is 22.0. The van der Waals surface area contributed by atoms with Crippen LogP contribution in [0, 0.1) is 5.41 Å². The van der Waals surface area contributed by atoms with Gasteiger partial charge in [0, 0.05) is 38.8 Å². The lowest BCUT2D eigenvalue weighted by atomic mass is 9.84. The van der Waals surface area contributed by atoms with Crippen molar-refractivity contribution in [3.63, 3.8) is 0 Å². The third kappa shape index (κ3) is 3.74. The van der Waals surface area contributed by atoms with Gasteiger partial charge in [0.05, 0.1) is 0 Å². The molecule has 1 saturated heterocycles. The Morgan fingerprint density at radius 2 is 1.80 bits per heavy atom. The standard InChI is InChI=1S/C12H27N3/c1-11(14(4)5)12(2,3)10-15-8-6-13-7-9-15/h11,13H,6-10H2,1-5H3. The Morgan fingerprint density at radius 1 is 1.27 bits per heavy atom. The van der Waals surface area contributed by atoms with E-state index in [1.807, 2.05) is 0 Å². The molecule has 3 nitrogen and oxygen atoms in total. The average Bonchev–Trinajstić information content (AvgIpc) is 2.17. The SMILES string of the molecule is CC(N(C)C)C(C)(C)CN1CCNCC1. The molecule has 0 aliphatic carbocycles. The van der Waals surface area contributed by atoms with Gasteiger partial charge in [-0.3, -0.25) is 0 Å². The number of piperazine rings is 1. The first-order valence-corrected chi connectivity index (χ1v) is 6.03. The van der Waals surface area contributed by atoms with Crippen LogP contribution < -0.4 is 5.32 Å². The molecule has 0 aromatic carbocycles. The van der Waals surface area contributed by atoms with Gasteiger partial charge in [-0.2, -0.15) is 0 Å². The lowest BCUT2D eigenvalue weighted by Crippen LogP contribution is -2.51. The first-order valence-electron chi connectivity index (χ1n) is 6.03. The predicted molar refractivity (Wildman–Crippen MR) is 66.2 cm³/mol. The Labute approximate surface area is 94.8 Å². The van der Waals surface area contributed by atoms with Crippen molar-refractivity contribution in [3.8, 4) is 0 Å². The van der Waals surface area contributed by atoms with Crippen molar-refractivity contribution in [1.29, 1.82) is 0 Å². The van der Waals surface area contributed by atoms with Gasteiger partial charge >= 0.3 is 0 Å². The summed E-state index contributed by atoms with van der Waals surface area (Å²) in [4.78, 5) is 4.90. The van der Waals surface area contributed by atoms with Crippen molar-refractivity contribution >= 4 is 0 Å². The Kier molecular flexibility index (Phi) is 4.56. The molecule has 1 unspecified atom stereocenters. The molecule has 90 valence electrons. The number of nitrogens with zero attached hydrogens (tertiary/aromatic N) is 2. The minimum Gasteiger partial charge on any atom is -0.314 e. The van der Waals surface area contributed by atoms with Crippen LogP contribution in [0.3, 0.4) is 0 Å². The lowest BCUT2D eigenvalue weighted by Gasteiger charge is -2.41. The van der Waals surface area contributed by atoms with E-state index in [0.29, 0.717) is 11.5 Å². The smallest absolute Gasteiger partial charge is 0.0124 e. The van der Waals surface area contributed by atoms with Gasteiger partial charge in [-0.15, -0.1) is 0 Å². The summed E-state index contributed by atoms with van der Waals surface area (Å²) in [5.74, 6) is 0. The van der Waals surface area contributed by atoms with E-state index in [4.69, 9.17) is 0 Å². The molecule has 0 spiro atoms. The summed E-state index contributed by atoms with van der Waals surface area (Å²) in [5, 5.41) is 3.40. The Bertz CT molecular complexity index is 183. The average molecular weight is 213 g/mol. The van der Waals surface area contributed by atoms with Gasteiger partial charge < -0.3 is 15.1 Å². The van der Waals surface area contributed by atoms with Gasteiger partial charge in [0.1, 0.15) is 0 Å². The molecule has 1 atom stereocenters. The van der Waals surface area contributed by atoms with Crippen molar-refractivity contribution in [2.24, 2.45) is 5.41 Å².